The summed E-state index contributed by atoms with van der Waals surface area (Å²) in [5, 5.41) is 13.5. The van der Waals surface area contributed by atoms with E-state index >= 15 is 0 Å². The summed E-state index contributed by atoms with van der Waals surface area (Å²) in [6, 6.07) is 7.63. The van der Waals surface area contributed by atoms with Crippen molar-refractivity contribution in [1.82, 2.24) is 14.8 Å². The Kier molecular flexibility index (Phi) is 6.30. The monoisotopic (exact) mass is 445 g/mol. The van der Waals surface area contributed by atoms with Crippen LogP contribution in [0.1, 0.15) is 25.0 Å². The Morgan fingerprint density at radius 2 is 1.94 bits per heavy atom. The highest BCUT2D eigenvalue weighted by molar-refractivity contribution is 5.89. The molecule has 172 valence electrons. The number of aliphatic hydroxyl groups is 1. The zero-order valence-electron chi connectivity index (χ0n) is 18.4. The minimum atomic E-state index is -1.21. The van der Waals surface area contributed by atoms with Gasteiger partial charge in [0.1, 0.15) is 17.2 Å². The minimum Gasteiger partial charge on any atom is -0.383 e. The molecule has 4 rings (SSSR count). The number of nitrogens with zero attached hydrogens (tertiary/aromatic N) is 4. The Morgan fingerprint density at radius 3 is 2.53 bits per heavy atom. The molecular formula is C23H29F2N5O2. The highest BCUT2D eigenvalue weighted by atomic mass is 19.1. The van der Waals surface area contributed by atoms with Crippen molar-refractivity contribution in [2.45, 2.75) is 30.9 Å². The number of halogens is 2. The molecule has 0 bridgehead atoms. The summed E-state index contributed by atoms with van der Waals surface area (Å²) in [5.41, 5.74) is 0.110. The fourth-order valence-electron chi connectivity index (χ4n) is 4.38. The van der Waals surface area contributed by atoms with Gasteiger partial charge in [0.25, 0.3) is 0 Å². The molecule has 0 radical (unpaired) electrons. The average molecular weight is 446 g/mol. The Labute approximate surface area is 186 Å². The van der Waals surface area contributed by atoms with Crippen LogP contribution in [0.25, 0.3) is 0 Å². The lowest BCUT2D eigenvalue weighted by Crippen LogP contribution is -2.47. The normalized spacial score (nSPS) is 20.6. The van der Waals surface area contributed by atoms with Crippen molar-refractivity contribution in [1.29, 1.82) is 0 Å². The number of likely N-dealkylation sites (tertiary alicyclic amines) is 1. The lowest BCUT2D eigenvalue weighted by atomic mass is 9.88. The lowest BCUT2D eigenvalue weighted by Gasteiger charge is -2.37. The van der Waals surface area contributed by atoms with Gasteiger partial charge in [-0.25, -0.2) is 13.6 Å². The zero-order chi connectivity index (χ0) is 22.9. The summed E-state index contributed by atoms with van der Waals surface area (Å²) in [4.78, 5) is 22.5. The third kappa shape index (κ3) is 4.68. The van der Waals surface area contributed by atoms with Gasteiger partial charge >= 0.3 is 6.03 Å². The summed E-state index contributed by atoms with van der Waals surface area (Å²) in [6.45, 7) is 2.27. The first-order chi connectivity index (χ1) is 15.2. The van der Waals surface area contributed by atoms with Gasteiger partial charge in [-0.05, 0) is 63.7 Å². The summed E-state index contributed by atoms with van der Waals surface area (Å²) in [5.74, 6) is -0.947. The van der Waals surface area contributed by atoms with E-state index in [1.165, 1.54) is 23.1 Å². The number of nitrogens with one attached hydrogen (secondary N) is 1. The van der Waals surface area contributed by atoms with Crippen LogP contribution >= 0.6 is 0 Å². The maximum Gasteiger partial charge on any atom is 0.321 e. The summed E-state index contributed by atoms with van der Waals surface area (Å²) >= 11 is 0. The lowest BCUT2D eigenvalue weighted by molar-refractivity contribution is -0.0193. The van der Waals surface area contributed by atoms with Gasteiger partial charge in [0.2, 0.25) is 0 Å². The molecule has 2 amide bonds. The Morgan fingerprint density at radius 1 is 1.19 bits per heavy atom. The fourth-order valence-corrected chi connectivity index (χ4v) is 4.38. The molecule has 7 nitrogen and oxygen atoms in total. The summed E-state index contributed by atoms with van der Waals surface area (Å²) < 4.78 is 27.8. The number of urea groups is 1. The van der Waals surface area contributed by atoms with E-state index in [-0.39, 0.29) is 31.6 Å². The number of aromatic nitrogens is 1. The second-order valence-corrected chi connectivity index (χ2v) is 8.83. The van der Waals surface area contributed by atoms with E-state index in [0.29, 0.717) is 11.7 Å². The number of likely N-dealkylation sites (N-methyl/N-ethyl adjacent to an activating group) is 1. The predicted molar refractivity (Wildman–Crippen MR) is 119 cm³/mol. The van der Waals surface area contributed by atoms with Gasteiger partial charge in [-0.2, -0.15) is 0 Å². The van der Waals surface area contributed by atoms with Crippen molar-refractivity contribution >= 4 is 17.4 Å². The molecule has 0 spiro atoms. The van der Waals surface area contributed by atoms with Crippen LogP contribution in [0.3, 0.4) is 0 Å². The van der Waals surface area contributed by atoms with Gasteiger partial charge < -0.3 is 25.1 Å². The van der Waals surface area contributed by atoms with Crippen molar-refractivity contribution in [3.63, 3.8) is 0 Å². The molecular weight excluding hydrogens is 416 g/mol. The largest absolute Gasteiger partial charge is 0.383 e. The molecule has 1 atom stereocenters. The first-order valence-corrected chi connectivity index (χ1v) is 10.9. The molecule has 2 aliphatic heterocycles. The molecule has 1 aromatic carbocycles. The third-order valence-electron chi connectivity index (χ3n) is 6.54. The molecule has 2 aliphatic rings. The van der Waals surface area contributed by atoms with Crippen molar-refractivity contribution in [2.75, 3.05) is 50.5 Å². The molecule has 0 saturated carbocycles. The first kappa shape index (κ1) is 22.4. The van der Waals surface area contributed by atoms with Crippen molar-refractivity contribution in [3.8, 4) is 0 Å². The number of amides is 2. The van der Waals surface area contributed by atoms with Crippen LogP contribution in [0, 0.1) is 11.6 Å². The number of pyridine rings is 1. The number of hydrogen-bond acceptors (Lipinski definition) is 5. The number of piperidine rings is 1. The second-order valence-electron chi connectivity index (χ2n) is 8.83. The van der Waals surface area contributed by atoms with E-state index < -0.39 is 23.3 Å². The third-order valence-corrected chi connectivity index (χ3v) is 6.54. The highest BCUT2D eigenvalue weighted by Crippen LogP contribution is 2.32. The Balaban J connectivity index is 1.35. The Bertz CT molecular complexity index is 961. The number of rotatable bonds is 4. The van der Waals surface area contributed by atoms with Crippen LogP contribution in [0.5, 0.6) is 0 Å². The van der Waals surface area contributed by atoms with Crippen LogP contribution in [-0.2, 0) is 5.60 Å². The number of anilines is 2. The number of carbonyl (C=O) groups is 1. The van der Waals surface area contributed by atoms with Gasteiger partial charge in [0, 0.05) is 37.9 Å². The van der Waals surface area contributed by atoms with Gasteiger partial charge in [-0.3, -0.25) is 4.98 Å². The van der Waals surface area contributed by atoms with Crippen LogP contribution in [0.2, 0.25) is 0 Å². The average Bonchev–Trinajstić information content (AvgIpc) is 3.27. The smallest absolute Gasteiger partial charge is 0.321 e. The fraction of sp³-hybridized carbons (Fsp3) is 0.478. The van der Waals surface area contributed by atoms with Gasteiger partial charge in [0.15, 0.2) is 0 Å². The highest BCUT2D eigenvalue weighted by Gasteiger charge is 2.36. The molecule has 9 heteroatoms. The number of benzene rings is 1. The molecule has 32 heavy (non-hydrogen) atoms. The molecule has 1 unspecified atom stereocenters. The van der Waals surface area contributed by atoms with E-state index in [2.05, 4.69) is 20.1 Å². The van der Waals surface area contributed by atoms with Crippen LogP contribution in [-0.4, -0.2) is 72.2 Å². The van der Waals surface area contributed by atoms with Gasteiger partial charge in [-0.15, -0.1) is 0 Å². The molecule has 3 heterocycles. The predicted octanol–water partition coefficient (Wildman–Crippen LogP) is 3.02. The van der Waals surface area contributed by atoms with E-state index in [0.717, 1.165) is 31.4 Å². The zero-order valence-corrected chi connectivity index (χ0v) is 18.4. The van der Waals surface area contributed by atoms with Crippen molar-refractivity contribution < 1.29 is 18.7 Å². The Hall–Kier alpha value is -2.78. The molecule has 2 saturated heterocycles. The summed E-state index contributed by atoms with van der Waals surface area (Å²) in [7, 11) is 4.09. The molecule has 2 N–H and O–H groups in total. The summed E-state index contributed by atoms with van der Waals surface area (Å²) in [6.07, 6.45) is 2.63. The maximum absolute atomic E-state index is 14.7. The van der Waals surface area contributed by atoms with E-state index in [4.69, 9.17) is 0 Å². The minimum absolute atomic E-state index is 0.128. The standard InChI is InChI=1S/C23H29F2N5O2/c1-28(2)18-7-10-30(15-18)17-4-5-20(19(25)13-17)27-22(31)29-11-8-23(32,9-12-29)21-6-3-16(24)14-26-21/h3-6,13-14,18,32H,7-12,15H2,1-2H3,(H,27,31). The van der Waals surface area contributed by atoms with Crippen LogP contribution in [0.15, 0.2) is 36.5 Å². The molecule has 0 aliphatic carbocycles. The first-order valence-electron chi connectivity index (χ1n) is 10.9. The van der Waals surface area contributed by atoms with Crippen LogP contribution < -0.4 is 10.2 Å². The SMILES string of the molecule is CN(C)C1CCN(c2ccc(NC(=O)N3CCC(O)(c4ccc(F)cn4)CC3)c(F)c2)C1. The van der Waals surface area contributed by atoms with Crippen molar-refractivity contribution in [3.05, 3.63) is 53.9 Å². The topological polar surface area (TPSA) is 71.9 Å². The van der Waals surface area contributed by atoms with E-state index in [1.807, 2.05) is 20.2 Å². The quantitative estimate of drug-likeness (QED) is 0.757. The van der Waals surface area contributed by atoms with Gasteiger partial charge in [0.05, 0.1) is 17.6 Å². The second kappa shape index (κ2) is 8.99. The van der Waals surface area contributed by atoms with E-state index in [1.54, 1.807) is 6.07 Å². The number of carbonyl (C=O) groups excluding carboxylic acids is 1. The molecule has 2 aromatic rings. The number of hydrogen-bond donors (Lipinski definition) is 2. The maximum atomic E-state index is 14.7. The van der Waals surface area contributed by atoms with Crippen molar-refractivity contribution in [2.24, 2.45) is 0 Å². The molecule has 1 aromatic heterocycles. The molecule has 2 fully saturated rings. The van der Waals surface area contributed by atoms with E-state index in [9.17, 15) is 18.7 Å². The van der Waals surface area contributed by atoms with Gasteiger partial charge in [-0.1, -0.05) is 0 Å². The van der Waals surface area contributed by atoms with Crippen LogP contribution in [0.4, 0.5) is 25.0 Å².